The van der Waals surface area contributed by atoms with Crippen LogP contribution in [0.5, 0.6) is 11.5 Å². The molecule has 3 aromatic rings. The van der Waals surface area contributed by atoms with Gasteiger partial charge < -0.3 is 19.9 Å². The first-order chi connectivity index (χ1) is 15.4. The third-order valence-electron chi connectivity index (χ3n) is 3.97. The number of hydrogen-bond acceptors (Lipinski definition) is 5. The Hall–Kier alpha value is -3.81. The van der Waals surface area contributed by atoms with Gasteiger partial charge in [0, 0.05) is 12.1 Å². The number of nitrogen functional groups attached to an aromatic ring is 1. The Kier molecular flexibility index (Phi) is 14.1. The topological polar surface area (TPSA) is 82.8 Å². The third kappa shape index (κ3) is 10.2. The molecule has 0 heterocycles. The molecule has 3 aromatic carbocycles. The molecule has 0 aromatic heterocycles. The van der Waals surface area contributed by atoms with Gasteiger partial charge >= 0.3 is 6.09 Å². The molecule has 0 atom stereocenters. The zero-order chi connectivity index (χ0) is 23.3. The number of nitrogens with two attached hydrogens (primary N) is 1. The zero-order valence-corrected chi connectivity index (χ0v) is 17.9. The Morgan fingerprint density at radius 2 is 1.41 bits per heavy atom. The van der Waals surface area contributed by atoms with Crippen LogP contribution in [-0.4, -0.2) is 19.3 Å². The molecule has 3 N–H and O–H groups in total. The number of hydrogen-bond donors (Lipinski definition) is 2. The van der Waals surface area contributed by atoms with Gasteiger partial charge in [0.05, 0.1) is 24.6 Å². The quantitative estimate of drug-likeness (QED) is 0.357. The summed E-state index contributed by atoms with van der Waals surface area (Å²) in [6, 6.07) is 17.3. The molecule has 0 radical (unpaired) electrons. The minimum atomic E-state index is -0.619. The predicted octanol–water partition coefficient (Wildman–Crippen LogP) is 7.05. The van der Waals surface area contributed by atoms with E-state index in [9.17, 15) is 13.6 Å². The molecule has 0 fully saturated rings. The number of amides is 1. The number of carbonyl (C=O) groups is 1. The Bertz CT molecular complexity index is 1000. The van der Waals surface area contributed by atoms with Gasteiger partial charge in [-0.2, -0.15) is 0 Å². The van der Waals surface area contributed by atoms with Crippen LogP contribution < -0.4 is 20.5 Å². The average molecular weight is 477 g/mol. The van der Waals surface area contributed by atoms with Crippen LogP contribution in [0, 0.1) is 11.6 Å². The summed E-state index contributed by atoms with van der Waals surface area (Å²) in [5, 5.41) is 2.54. The number of nitrogens with one attached hydrogen (secondary N) is 1. The number of rotatable bonds is 7. The van der Waals surface area contributed by atoms with E-state index in [0.717, 1.165) is 5.56 Å². The van der Waals surface area contributed by atoms with Crippen molar-refractivity contribution in [1.29, 1.82) is 0 Å². The van der Waals surface area contributed by atoms with Crippen molar-refractivity contribution >= 4 is 17.5 Å². The fraction of sp³-hybridized carbons (Fsp3) is 0.269. The number of ether oxygens (including phenoxy) is 3. The molecule has 186 valence electrons. The lowest BCUT2D eigenvalue weighted by Gasteiger charge is -2.11. The first kappa shape index (κ1) is 30.2. The molecule has 0 aliphatic carbocycles. The normalized spacial score (nSPS) is 9.29. The van der Waals surface area contributed by atoms with Gasteiger partial charge in [-0.15, -0.1) is 0 Å². The highest BCUT2D eigenvalue weighted by atomic mass is 19.1. The summed E-state index contributed by atoms with van der Waals surface area (Å²) in [5.74, 6) is -0.0778. The minimum Gasteiger partial charge on any atom is -0.492 e. The van der Waals surface area contributed by atoms with E-state index in [1.165, 1.54) is 36.4 Å². The van der Waals surface area contributed by atoms with E-state index in [-0.39, 0.29) is 33.0 Å². The van der Waals surface area contributed by atoms with E-state index in [0.29, 0.717) is 30.3 Å². The molecule has 8 heteroatoms. The second-order valence-corrected chi connectivity index (χ2v) is 6.38. The van der Waals surface area contributed by atoms with E-state index in [1.807, 2.05) is 37.3 Å². The summed E-state index contributed by atoms with van der Waals surface area (Å²) in [5.41, 5.74) is 7.21. The van der Waals surface area contributed by atoms with E-state index in [1.54, 1.807) is 6.92 Å². The molecular formula is C26H34F2N2O4. The maximum Gasteiger partial charge on any atom is 0.412 e. The molecule has 1 amide bonds. The van der Waals surface area contributed by atoms with Crippen LogP contribution in [0.3, 0.4) is 0 Å². The number of carbonyl (C=O) groups excluding carboxylic acids is 1. The lowest BCUT2D eigenvalue weighted by atomic mass is 10.2. The molecule has 0 saturated carbocycles. The van der Waals surface area contributed by atoms with E-state index in [2.05, 4.69) is 5.32 Å². The lowest BCUT2D eigenvalue weighted by molar-refractivity contribution is 0.155. The van der Waals surface area contributed by atoms with Gasteiger partial charge in [0.15, 0.2) is 0 Å². The fourth-order valence-corrected chi connectivity index (χ4v) is 2.53. The second kappa shape index (κ2) is 15.9. The highest BCUT2D eigenvalue weighted by Crippen LogP contribution is 2.25. The van der Waals surface area contributed by atoms with Gasteiger partial charge in [0.1, 0.15) is 29.7 Å². The molecule has 0 bridgehead atoms. The van der Waals surface area contributed by atoms with Crippen LogP contribution in [0.15, 0.2) is 66.7 Å². The van der Waals surface area contributed by atoms with Crippen molar-refractivity contribution in [3.63, 3.8) is 0 Å². The Balaban J connectivity index is 0.000000716. The second-order valence-electron chi connectivity index (χ2n) is 6.38. The van der Waals surface area contributed by atoms with Crippen LogP contribution >= 0.6 is 0 Å². The molecule has 0 spiro atoms. The Labute approximate surface area is 200 Å². The first-order valence-electron chi connectivity index (χ1n) is 10.0. The fourth-order valence-electron chi connectivity index (χ4n) is 2.53. The van der Waals surface area contributed by atoms with E-state index >= 15 is 0 Å². The number of anilines is 2. The molecule has 0 aliphatic rings. The first-order valence-corrected chi connectivity index (χ1v) is 10.0. The lowest BCUT2D eigenvalue weighted by Crippen LogP contribution is -2.14. The summed E-state index contributed by atoms with van der Waals surface area (Å²) in [6.07, 6.45) is -0.619. The van der Waals surface area contributed by atoms with Gasteiger partial charge in [-0.25, -0.2) is 13.6 Å². The summed E-state index contributed by atoms with van der Waals surface area (Å²) in [6.45, 7) is 4.63. The van der Waals surface area contributed by atoms with Crippen LogP contribution in [0.25, 0.3) is 0 Å². The van der Waals surface area contributed by atoms with Crippen molar-refractivity contribution in [3.8, 4) is 11.5 Å². The molecule has 34 heavy (non-hydrogen) atoms. The largest absolute Gasteiger partial charge is 0.492 e. The van der Waals surface area contributed by atoms with Crippen LogP contribution in [0.4, 0.5) is 25.0 Å². The molecular weight excluding hydrogens is 442 g/mol. The zero-order valence-electron chi connectivity index (χ0n) is 17.9. The number of halogens is 2. The van der Waals surface area contributed by atoms with Gasteiger partial charge in [-0.05, 0) is 43.7 Å². The summed E-state index contributed by atoms with van der Waals surface area (Å²) in [4.78, 5) is 11.7. The molecule has 0 unspecified atom stereocenters. The standard InChI is InChI=1S/C16H16FNO3.C8H10FNO.2CH4/c1-2-20-15-10-13(17)8-9-14(15)18-16(19)21-11-12-6-4-3-5-7-12;1-2-11-8-5-6(9)3-4-7(8)10;;/h3-10H,2,11H2,1H3,(H,18,19);3-5H,2,10H2,1H3;2*1H4. The highest BCUT2D eigenvalue weighted by molar-refractivity contribution is 5.86. The van der Waals surface area contributed by atoms with Crippen LogP contribution in [0.2, 0.25) is 0 Å². The Morgan fingerprint density at radius 3 is 2.03 bits per heavy atom. The van der Waals surface area contributed by atoms with Crippen molar-refractivity contribution in [2.24, 2.45) is 0 Å². The monoisotopic (exact) mass is 476 g/mol. The van der Waals surface area contributed by atoms with Crippen LogP contribution in [-0.2, 0) is 11.3 Å². The smallest absolute Gasteiger partial charge is 0.412 e. The predicted molar refractivity (Wildman–Crippen MR) is 133 cm³/mol. The van der Waals surface area contributed by atoms with Crippen molar-refractivity contribution in [1.82, 2.24) is 0 Å². The van der Waals surface area contributed by atoms with Gasteiger partial charge in [-0.1, -0.05) is 45.2 Å². The van der Waals surface area contributed by atoms with Gasteiger partial charge in [0.2, 0.25) is 0 Å². The van der Waals surface area contributed by atoms with Crippen molar-refractivity contribution in [2.75, 3.05) is 24.3 Å². The molecule has 0 saturated heterocycles. The maximum absolute atomic E-state index is 13.2. The van der Waals surface area contributed by atoms with Crippen molar-refractivity contribution < 1.29 is 27.8 Å². The van der Waals surface area contributed by atoms with E-state index in [4.69, 9.17) is 19.9 Å². The minimum absolute atomic E-state index is 0. The van der Waals surface area contributed by atoms with Crippen LogP contribution in [0.1, 0.15) is 34.3 Å². The summed E-state index contributed by atoms with van der Waals surface area (Å²) < 4.78 is 41.1. The van der Waals surface area contributed by atoms with Crippen molar-refractivity contribution in [2.45, 2.75) is 35.3 Å². The highest BCUT2D eigenvalue weighted by Gasteiger charge is 2.10. The average Bonchev–Trinajstić information content (AvgIpc) is 2.78. The Morgan fingerprint density at radius 1 is 0.853 bits per heavy atom. The molecule has 0 aliphatic heterocycles. The van der Waals surface area contributed by atoms with Crippen molar-refractivity contribution in [3.05, 3.63) is 83.9 Å². The number of benzene rings is 3. The third-order valence-corrected chi connectivity index (χ3v) is 3.97. The molecule has 6 nitrogen and oxygen atoms in total. The summed E-state index contributed by atoms with van der Waals surface area (Å²) >= 11 is 0. The maximum atomic E-state index is 13.2. The van der Waals surface area contributed by atoms with Gasteiger partial charge in [0.25, 0.3) is 0 Å². The summed E-state index contributed by atoms with van der Waals surface area (Å²) in [7, 11) is 0. The molecule has 3 rings (SSSR count). The van der Waals surface area contributed by atoms with Gasteiger partial charge in [-0.3, -0.25) is 5.32 Å². The van der Waals surface area contributed by atoms with E-state index < -0.39 is 11.9 Å². The SMILES string of the molecule is C.C.CCOc1cc(F)ccc1N.CCOc1cc(F)ccc1NC(=O)OCc1ccccc1.